The molecule has 0 bridgehead atoms. The number of nitrogens with one attached hydrogen (secondary N) is 3. The number of allylic oxidation sites excluding steroid dienone is 2. The zero-order valence-electron chi connectivity index (χ0n) is 19.5. The molecular weight excluding hydrogens is 480 g/mol. The minimum absolute atomic E-state index is 0.137. The third kappa shape index (κ3) is 5.29. The van der Waals surface area contributed by atoms with Crippen LogP contribution >= 0.6 is 11.6 Å². The molecule has 1 heterocycles. The second-order valence-electron chi connectivity index (χ2n) is 8.27. The summed E-state index contributed by atoms with van der Waals surface area (Å²) in [6.07, 6.45) is 0. The zero-order valence-corrected chi connectivity index (χ0v) is 20.3. The minimum atomic E-state index is -0.859. The van der Waals surface area contributed by atoms with Gasteiger partial charge in [0.05, 0.1) is 4.92 Å². The molecule has 0 aliphatic carbocycles. The Kier molecular flexibility index (Phi) is 7.17. The standard InChI is InChI=1S/C27H23ClN4O4/c1-16-23(26(33)30-20-8-4-3-5-9-20)25(18-7-6-10-22(15-18)32(35)36)24(17(2)29-16)27(34)31-21-13-11-19(28)12-14-21/h3-15,25,29H,1-2H3,(H,30,33)(H,31,34). The number of nitrogens with zero attached hydrogens (tertiary/aromatic N) is 1. The zero-order chi connectivity index (χ0) is 25.8. The maximum atomic E-state index is 13.6. The molecule has 36 heavy (non-hydrogen) atoms. The number of carbonyl (C=O) groups is 2. The van der Waals surface area contributed by atoms with Gasteiger partial charge in [0.15, 0.2) is 0 Å². The molecule has 1 unspecified atom stereocenters. The van der Waals surface area contributed by atoms with Gasteiger partial charge in [-0.15, -0.1) is 0 Å². The SMILES string of the molecule is CC1=C(C(=O)Nc2ccccc2)C(c2cccc([N+](=O)[O-])c2)C(C(=O)Nc2ccc(Cl)cc2)=C(C)N1. The molecule has 1 aliphatic rings. The molecule has 9 heteroatoms. The number of carbonyl (C=O) groups excluding carboxylic acids is 2. The monoisotopic (exact) mass is 502 g/mol. The van der Waals surface area contributed by atoms with Crippen molar-refractivity contribution < 1.29 is 14.5 Å². The van der Waals surface area contributed by atoms with E-state index in [4.69, 9.17) is 11.6 Å². The van der Waals surface area contributed by atoms with Gasteiger partial charge in [-0.25, -0.2) is 0 Å². The summed E-state index contributed by atoms with van der Waals surface area (Å²) >= 11 is 5.96. The predicted molar refractivity (Wildman–Crippen MR) is 140 cm³/mol. The number of amides is 2. The molecule has 2 amide bonds. The highest BCUT2D eigenvalue weighted by Gasteiger charge is 2.37. The van der Waals surface area contributed by atoms with Gasteiger partial charge in [-0.1, -0.05) is 41.9 Å². The molecule has 0 saturated heterocycles. The highest BCUT2D eigenvalue weighted by atomic mass is 35.5. The van der Waals surface area contributed by atoms with Gasteiger partial charge in [-0.2, -0.15) is 0 Å². The summed E-state index contributed by atoms with van der Waals surface area (Å²) in [5.74, 6) is -1.73. The third-order valence-corrected chi connectivity index (χ3v) is 6.05. The number of halogens is 1. The van der Waals surface area contributed by atoms with Gasteiger partial charge in [0.25, 0.3) is 17.5 Å². The molecule has 3 N–H and O–H groups in total. The average Bonchev–Trinajstić information content (AvgIpc) is 2.85. The summed E-state index contributed by atoms with van der Waals surface area (Å²) in [6.45, 7) is 3.47. The van der Waals surface area contributed by atoms with Crippen LogP contribution < -0.4 is 16.0 Å². The van der Waals surface area contributed by atoms with Crippen LogP contribution in [0.1, 0.15) is 25.3 Å². The van der Waals surface area contributed by atoms with E-state index in [1.165, 1.54) is 12.1 Å². The van der Waals surface area contributed by atoms with E-state index in [-0.39, 0.29) is 16.8 Å². The van der Waals surface area contributed by atoms with Gasteiger partial charge in [0.2, 0.25) is 0 Å². The van der Waals surface area contributed by atoms with Crippen LogP contribution in [0.4, 0.5) is 17.1 Å². The van der Waals surface area contributed by atoms with Gasteiger partial charge in [0, 0.05) is 57.0 Å². The smallest absolute Gasteiger partial charge is 0.269 e. The van der Waals surface area contributed by atoms with Crippen LogP contribution in [-0.2, 0) is 9.59 Å². The Morgan fingerprint density at radius 3 is 1.94 bits per heavy atom. The normalized spacial score (nSPS) is 15.2. The van der Waals surface area contributed by atoms with Crippen molar-refractivity contribution in [2.24, 2.45) is 0 Å². The Bertz CT molecular complexity index is 1400. The fraction of sp³-hybridized carbons (Fsp3) is 0.111. The van der Waals surface area contributed by atoms with Crippen LogP contribution in [0, 0.1) is 10.1 Å². The highest BCUT2D eigenvalue weighted by Crippen LogP contribution is 2.40. The lowest BCUT2D eigenvalue weighted by Crippen LogP contribution is -2.35. The first-order valence-corrected chi connectivity index (χ1v) is 11.5. The molecule has 4 rings (SSSR count). The fourth-order valence-corrected chi connectivity index (χ4v) is 4.32. The van der Waals surface area contributed by atoms with Crippen molar-refractivity contribution in [1.82, 2.24) is 5.32 Å². The first-order chi connectivity index (χ1) is 17.2. The van der Waals surface area contributed by atoms with Gasteiger partial charge in [-0.3, -0.25) is 19.7 Å². The van der Waals surface area contributed by atoms with Crippen LogP contribution in [-0.4, -0.2) is 16.7 Å². The van der Waals surface area contributed by atoms with E-state index < -0.39 is 22.7 Å². The van der Waals surface area contributed by atoms with Crippen LogP contribution in [0.2, 0.25) is 5.02 Å². The maximum Gasteiger partial charge on any atom is 0.269 e. The molecule has 182 valence electrons. The van der Waals surface area contributed by atoms with Crippen LogP contribution in [0.3, 0.4) is 0 Å². The van der Waals surface area contributed by atoms with Crippen molar-refractivity contribution in [3.05, 3.63) is 122 Å². The Hall–Kier alpha value is -4.43. The predicted octanol–water partition coefficient (Wildman–Crippen LogP) is 5.76. The third-order valence-electron chi connectivity index (χ3n) is 5.80. The Morgan fingerprint density at radius 2 is 1.39 bits per heavy atom. The summed E-state index contributed by atoms with van der Waals surface area (Å²) in [7, 11) is 0. The van der Waals surface area contributed by atoms with Crippen molar-refractivity contribution in [3.8, 4) is 0 Å². The summed E-state index contributed by atoms with van der Waals surface area (Å²) in [4.78, 5) is 38.1. The molecule has 0 saturated carbocycles. The lowest BCUT2D eigenvalue weighted by Gasteiger charge is -2.31. The second kappa shape index (κ2) is 10.5. The number of nitro groups is 1. The summed E-state index contributed by atoms with van der Waals surface area (Å²) in [6, 6.07) is 21.5. The molecule has 0 spiro atoms. The molecule has 0 radical (unpaired) electrons. The number of anilines is 2. The maximum absolute atomic E-state index is 13.6. The van der Waals surface area contributed by atoms with Crippen molar-refractivity contribution >= 4 is 40.5 Å². The van der Waals surface area contributed by atoms with Gasteiger partial charge in [0.1, 0.15) is 0 Å². The molecule has 3 aromatic rings. The number of benzene rings is 3. The Labute approximate surface area is 212 Å². The van der Waals surface area contributed by atoms with Crippen molar-refractivity contribution in [1.29, 1.82) is 0 Å². The van der Waals surface area contributed by atoms with E-state index in [1.54, 1.807) is 74.5 Å². The van der Waals surface area contributed by atoms with E-state index in [0.29, 0.717) is 33.4 Å². The van der Waals surface area contributed by atoms with Crippen molar-refractivity contribution in [2.45, 2.75) is 19.8 Å². The lowest BCUT2D eigenvalue weighted by molar-refractivity contribution is -0.384. The Morgan fingerprint density at radius 1 is 0.833 bits per heavy atom. The Balaban J connectivity index is 1.79. The number of rotatable bonds is 6. The van der Waals surface area contributed by atoms with E-state index in [9.17, 15) is 19.7 Å². The number of dihydropyridines is 1. The van der Waals surface area contributed by atoms with Crippen LogP contribution in [0.15, 0.2) is 101 Å². The molecule has 0 fully saturated rings. The van der Waals surface area contributed by atoms with Crippen molar-refractivity contribution in [3.63, 3.8) is 0 Å². The molecule has 3 aromatic carbocycles. The van der Waals surface area contributed by atoms with Crippen LogP contribution in [0.25, 0.3) is 0 Å². The van der Waals surface area contributed by atoms with E-state index in [2.05, 4.69) is 16.0 Å². The topological polar surface area (TPSA) is 113 Å². The average molecular weight is 503 g/mol. The first kappa shape index (κ1) is 24.7. The first-order valence-electron chi connectivity index (χ1n) is 11.1. The molecule has 1 atom stereocenters. The number of hydrogen-bond acceptors (Lipinski definition) is 5. The second-order valence-corrected chi connectivity index (χ2v) is 8.71. The number of para-hydroxylation sites is 1. The minimum Gasteiger partial charge on any atom is -0.362 e. The molecular formula is C27H23ClN4O4. The summed E-state index contributed by atoms with van der Waals surface area (Å²) < 4.78 is 0. The quantitative estimate of drug-likeness (QED) is 0.293. The summed E-state index contributed by atoms with van der Waals surface area (Å²) in [5.41, 5.74) is 3.04. The van der Waals surface area contributed by atoms with Crippen molar-refractivity contribution in [2.75, 3.05) is 10.6 Å². The van der Waals surface area contributed by atoms with Gasteiger partial charge in [-0.05, 0) is 55.8 Å². The van der Waals surface area contributed by atoms with Gasteiger partial charge < -0.3 is 16.0 Å². The number of nitro benzene ring substituents is 1. The van der Waals surface area contributed by atoms with E-state index >= 15 is 0 Å². The molecule has 8 nitrogen and oxygen atoms in total. The van der Waals surface area contributed by atoms with Crippen LogP contribution in [0.5, 0.6) is 0 Å². The lowest BCUT2D eigenvalue weighted by atomic mass is 9.79. The fourth-order valence-electron chi connectivity index (χ4n) is 4.20. The number of non-ortho nitro benzene ring substituents is 1. The van der Waals surface area contributed by atoms with E-state index in [0.717, 1.165) is 0 Å². The molecule has 1 aliphatic heterocycles. The number of hydrogen-bond donors (Lipinski definition) is 3. The largest absolute Gasteiger partial charge is 0.362 e. The molecule has 0 aromatic heterocycles. The van der Waals surface area contributed by atoms with Gasteiger partial charge >= 0.3 is 0 Å². The van der Waals surface area contributed by atoms with E-state index in [1.807, 2.05) is 6.07 Å². The highest BCUT2D eigenvalue weighted by molar-refractivity contribution is 6.30. The summed E-state index contributed by atoms with van der Waals surface area (Å²) in [5, 5.41) is 20.9.